The summed E-state index contributed by atoms with van der Waals surface area (Å²) in [6.45, 7) is 4.86. The van der Waals surface area contributed by atoms with Crippen molar-refractivity contribution in [1.29, 1.82) is 0 Å². The molecule has 0 unspecified atom stereocenters. The molecule has 3 rings (SSSR count). The van der Waals surface area contributed by atoms with Gasteiger partial charge in [-0.1, -0.05) is 43.3 Å². The molecule has 0 bridgehead atoms. The van der Waals surface area contributed by atoms with Crippen molar-refractivity contribution in [2.75, 3.05) is 18.8 Å². The average molecular weight is 626 g/mol. The first-order valence-electron chi connectivity index (χ1n) is 13.5. The Labute approximate surface area is 252 Å². The van der Waals surface area contributed by atoms with Gasteiger partial charge in [0.05, 0.1) is 11.3 Å². The van der Waals surface area contributed by atoms with Crippen LogP contribution in [0, 0.1) is 0 Å². The number of halogens is 3. The fourth-order valence-electron chi connectivity index (χ4n) is 4.71. The molecule has 0 spiro atoms. The summed E-state index contributed by atoms with van der Waals surface area (Å²) in [5, 5.41) is 2.62. The van der Waals surface area contributed by atoms with E-state index in [1.165, 1.54) is 12.1 Å². The Morgan fingerprint density at radius 1 is 1.07 bits per heavy atom. The summed E-state index contributed by atoms with van der Waals surface area (Å²) in [6, 6.07) is 15.3. The van der Waals surface area contributed by atoms with Gasteiger partial charge in [0.1, 0.15) is 0 Å². The first-order valence-corrected chi connectivity index (χ1v) is 15.1. The van der Waals surface area contributed by atoms with Crippen LogP contribution in [0.4, 0.5) is 13.2 Å². The van der Waals surface area contributed by atoms with E-state index in [2.05, 4.69) is 23.3 Å². The Hall–Kier alpha value is -2.93. The van der Waals surface area contributed by atoms with Crippen molar-refractivity contribution >= 4 is 29.5 Å². The molecule has 0 saturated heterocycles. The van der Waals surface area contributed by atoms with Crippen molar-refractivity contribution in [3.63, 3.8) is 0 Å². The smallest absolute Gasteiger partial charge is 0.356 e. The van der Waals surface area contributed by atoms with Crippen LogP contribution in [-0.4, -0.2) is 47.6 Å². The van der Waals surface area contributed by atoms with Crippen molar-refractivity contribution in [3.05, 3.63) is 89.2 Å². The Kier molecular flexibility index (Phi) is 13.5. The van der Waals surface area contributed by atoms with Gasteiger partial charge in [-0.3, -0.25) is 19.2 Å². The number of amides is 1. The summed E-state index contributed by atoms with van der Waals surface area (Å²) in [4.78, 5) is 18.1. The van der Waals surface area contributed by atoms with Gasteiger partial charge in [-0.05, 0) is 78.7 Å². The second-order valence-electron chi connectivity index (χ2n) is 9.91. The van der Waals surface area contributed by atoms with E-state index in [4.69, 9.17) is 4.55 Å². The van der Waals surface area contributed by atoms with Gasteiger partial charge in [0, 0.05) is 37.9 Å². The van der Waals surface area contributed by atoms with Crippen molar-refractivity contribution in [1.82, 2.24) is 15.2 Å². The third-order valence-electron chi connectivity index (χ3n) is 6.99. The average Bonchev–Trinajstić information content (AvgIpc) is 2.94. The topological polar surface area (TPSA) is 99.6 Å². The van der Waals surface area contributed by atoms with E-state index in [0.717, 1.165) is 34.7 Å². The van der Waals surface area contributed by atoms with E-state index < -0.39 is 33.5 Å². The minimum Gasteiger partial charge on any atom is -0.356 e. The highest BCUT2D eigenvalue weighted by Crippen LogP contribution is 2.34. The van der Waals surface area contributed by atoms with Crippen LogP contribution in [0.25, 0.3) is 11.1 Å². The summed E-state index contributed by atoms with van der Waals surface area (Å²) < 4.78 is 71.8. The summed E-state index contributed by atoms with van der Waals surface area (Å²) in [6.07, 6.45) is 0.703. The monoisotopic (exact) mass is 625 g/mol. The maximum atomic E-state index is 13.8. The first-order chi connectivity index (χ1) is 19.4. The molecule has 230 valence electrons. The third kappa shape index (κ3) is 10.7. The van der Waals surface area contributed by atoms with Crippen LogP contribution in [0.1, 0.15) is 61.4 Å². The number of nitrogens with one attached hydrogen (secondary N) is 1. The lowest BCUT2D eigenvalue weighted by molar-refractivity contribution is -0.138. The van der Waals surface area contributed by atoms with E-state index in [-0.39, 0.29) is 44.6 Å². The maximum Gasteiger partial charge on any atom is 0.416 e. The zero-order chi connectivity index (χ0) is 30.0. The Bertz CT molecular complexity index is 1420. The van der Waals surface area contributed by atoms with Crippen molar-refractivity contribution < 1.29 is 30.9 Å². The number of carbonyl (C=O) groups is 1. The predicted octanol–water partition coefficient (Wildman–Crippen LogP) is 6.18. The molecule has 0 fully saturated rings. The van der Waals surface area contributed by atoms with E-state index >= 15 is 0 Å². The van der Waals surface area contributed by atoms with Crippen LogP contribution < -0.4 is 5.32 Å². The van der Waals surface area contributed by atoms with Crippen LogP contribution in [0.2, 0.25) is 0 Å². The Morgan fingerprint density at radius 2 is 1.81 bits per heavy atom. The molecule has 42 heavy (non-hydrogen) atoms. The summed E-state index contributed by atoms with van der Waals surface area (Å²) in [5.74, 6) is -1.15. The summed E-state index contributed by atoms with van der Waals surface area (Å²) in [7, 11) is -4.22. The molecule has 0 saturated carbocycles. The summed E-state index contributed by atoms with van der Waals surface area (Å²) in [5.41, 5.74) is 3.66. The number of alkyl halides is 3. The molecule has 2 aromatic carbocycles. The molecule has 0 aliphatic carbocycles. The highest BCUT2D eigenvalue weighted by Gasteiger charge is 2.33. The minimum absolute atomic E-state index is 0. The number of aromatic nitrogens is 1. The second kappa shape index (κ2) is 16.1. The zero-order valence-electron chi connectivity index (χ0n) is 23.7. The molecule has 12 heteroatoms. The van der Waals surface area contributed by atoms with E-state index in [1.54, 1.807) is 12.3 Å². The minimum atomic E-state index is -4.48. The fourth-order valence-corrected chi connectivity index (χ4v) is 5.15. The van der Waals surface area contributed by atoms with Crippen LogP contribution >= 0.6 is 13.5 Å². The van der Waals surface area contributed by atoms with Crippen molar-refractivity contribution in [3.8, 4) is 11.1 Å². The lowest BCUT2D eigenvalue weighted by atomic mass is 9.96. The highest BCUT2D eigenvalue weighted by atomic mass is 32.2. The van der Waals surface area contributed by atoms with Gasteiger partial charge in [-0.25, -0.2) is 0 Å². The van der Waals surface area contributed by atoms with Crippen LogP contribution in [0.5, 0.6) is 0 Å². The van der Waals surface area contributed by atoms with Crippen LogP contribution in [0.15, 0.2) is 67.0 Å². The Morgan fingerprint density at radius 3 is 2.50 bits per heavy atom. The van der Waals surface area contributed by atoms with Gasteiger partial charge in [0.2, 0.25) is 5.91 Å². The molecule has 1 atom stereocenters. The van der Waals surface area contributed by atoms with Crippen molar-refractivity contribution in [2.24, 2.45) is 0 Å². The van der Waals surface area contributed by atoms with Gasteiger partial charge in [-0.15, -0.1) is 0 Å². The molecule has 7 nitrogen and oxygen atoms in total. The van der Waals surface area contributed by atoms with E-state index in [1.807, 2.05) is 42.3 Å². The number of benzene rings is 2. The maximum absolute atomic E-state index is 13.8. The number of nitrogens with zero attached hydrogens (tertiary/aromatic N) is 2. The highest BCUT2D eigenvalue weighted by molar-refractivity contribution is 7.85. The number of hydrogen-bond donors (Lipinski definition) is 2. The first kappa shape index (κ1) is 35.3. The number of pyridine rings is 1. The molecule has 3 aromatic rings. The molecule has 0 aliphatic heterocycles. The van der Waals surface area contributed by atoms with Gasteiger partial charge in [0.15, 0.2) is 0 Å². The van der Waals surface area contributed by atoms with Crippen LogP contribution in [0.3, 0.4) is 0 Å². The molecule has 1 amide bonds. The van der Waals surface area contributed by atoms with Gasteiger partial charge >= 0.3 is 6.18 Å². The quantitative estimate of drug-likeness (QED) is 0.164. The SMILES string of the molecule is CCc1cnccc1-c1cccc([C@H](C)N(CCCCNC(=O)CCS(=O)(=O)O)Cc2ccccc2C(F)(F)F)c1.S. The Balaban J connectivity index is 0.00000616. The molecular weight excluding hydrogens is 587 g/mol. The van der Waals surface area contributed by atoms with Crippen LogP contribution in [-0.2, 0) is 34.1 Å². The van der Waals surface area contributed by atoms with Gasteiger partial charge < -0.3 is 5.32 Å². The molecular formula is C30H38F3N3O4S2. The molecule has 1 aromatic heterocycles. The number of hydrogen-bond acceptors (Lipinski definition) is 5. The number of unbranched alkanes of at least 4 members (excludes halogenated alkanes) is 1. The molecule has 1 heterocycles. The largest absolute Gasteiger partial charge is 0.416 e. The number of carbonyl (C=O) groups excluding carboxylic acids is 1. The molecule has 2 N–H and O–H groups in total. The van der Waals surface area contributed by atoms with Gasteiger partial charge in [0.25, 0.3) is 10.1 Å². The standard InChI is InChI=1S/C30H36F3N3O4S.H2S/c1-3-23-20-34-16-13-27(23)25-11-8-10-24(19-25)22(2)36(21-26-9-4-5-12-28(26)30(31,32)33)17-7-6-15-35-29(37)14-18-41(38,39)40;/h4-5,8-13,16,19-20,22H,3,6-7,14-15,17-18,21H2,1-2H3,(H,35,37)(H,38,39,40);1H2/t22-;/m0./s1. The molecule has 0 aliphatic rings. The summed E-state index contributed by atoms with van der Waals surface area (Å²) >= 11 is 0. The van der Waals surface area contributed by atoms with Crippen molar-refractivity contribution in [2.45, 2.75) is 58.3 Å². The number of rotatable bonds is 14. The van der Waals surface area contributed by atoms with E-state index in [9.17, 15) is 26.4 Å². The lowest BCUT2D eigenvalue weighted by Crippen LogP contribution is -2.30. The van der Waals surface area contributed by atoms with E-state index in [0.29, 0.717) is 19.4 Å². The fraction of sp³-hybridized carbons (Fsp3) is 0.400. The molecule has 0 radical (unpaired) electrons. The predicted molar refractivity (Wildman–Crippen MR) is 163 cm³/mol. The second-order valence-corrected chi connectivity index (χ2v) is 11.5. The third-order valence-corrected chi connectivity index (χ3v) is 7.71. The normalized spacial score (nSPS) is 12.5. The number of aryl methyl sites for hydroxylation is 1. The van der Waals surface area contributed by atoms with Gasteiger partial charge in [-0.2, -0.15) is 35.1 Å². The zero-order valence-corrected chi connectivity index (χ0v) is 25.5. The lowest BCUT2D eigenvalue weighted by Gasteiger charge is -2.31.